The Bertz CT molecular complexity index is 687. The molecule has 2 aromatic rings. The van der Waals surface area contributed by atoms with Crippen molar-refractivity contribution in [2.75, 3.05) is 13.1 Å². The first-order valence-electron chi connectivity index (χ1n) is 7.06. The lowest BCUT2D eigenvalue weighted by atomic mass is 10.1. The standard InChI is InChI=1S/C17H16N2O2S/c1-12-14-6-2-3-7-15(14)17(21)19(12)11-16(20)18-9-8-13-5-4-10-22-13/h2-7,10H,1,8-9,11H2,(H,18,20). The van der Waals surface area contributed by atoms with E-state index in [0.29, 0.717) is 17.8 Å². The van der Waals surface area contributed by atoms with Crippen molar-refractivity contribution in [3.8, 4) is 0 Å². The summed E-state index contributed by atoms with van der Waals surface area (Å²) in [4.78, 5) is 27.0. The Morgan fingerprint density at radius 2 is 1.95 bits per heavy atom. The molecule has 1 aromatic carbocycles. The van der Waals surface area contributed by atoms with Crippen molar-refractivity contribution in [2.45, 2.75) is 6.42 Å². The molecule has 5 heteroatoms. The van der Waals surface area contributed by atoms with Crippen molar-refractivity contribution in [3.63, 3.8) is 0 Å². The quantitative estimate of drug-likeness (QED) is 0.922. The number of hydrogen-bond acceptors (Lipinski definition) is 3. The van der Waals surface area contributed by atoms with Crippen molar-refractivity contribution >= 4 is 28.8 Å². The molecule has 3 rings (SSSR count). The number of carbonyl (C=O) groups is 2. The second-order valence-corrected chi connectivity index (χ2v) is 6.10. The van der Waals surface area contributed by atoms with Gasteiger partial charge in [0.15, 0.2) is 0 Å². The van der Waals surface area contributed by atoms with Crippen LogP contribution >= 0.6 is 11.3 Å². The van der Waals surface area contributed by atoms with Crippen LogP contribution in [0.5, 0.6) is 0 Å². The van der Waals surface area contributed by atoms with Gasteiger partial charge in [0.05, 0.1) is 0 Å². The highest BCUT2D eigenvalue weighted by Crippen LogP contribution is 2.30. The van der Waals surface area contributed by atoms with E-state index in [9.17, 15) is 9.59 Å². The number of fused-ring (bicyclic) bond motifs is 1. The number of thiophene rings is 1. The van der Waals surface area contributed by atoms with Gasteiger partial charge in [-0.1, -0.05) is 30.8 Å². The van der Waals surface area contributed by atoms with Crippen LogP contribution in [-0.2, 0) is 11.2 Å². The first kappa shape index (κ1) is 14.5. The molecule has 0 radical (unpaired) electrons. The zero-order chi connectivity index (χ0) is 15.5. The lowest BCUT2D eigenvalue weighted by molar-refractivity contribution is -0.121. The van der Waals surface area contributed by atoms with E-state index in [4.69, 9.17) is 0 Å². The molecule has 0 saturated heterocycles. The molecule has 0 bridgehead atoms. The number of hydrogen-bond donors (Lipinski definition) is 1. The normalized spacial score (nSPS) is 13.4. The predicted molar refractivity (Wildman–Crippen MR) is 87.5 cm³/mol. The number of carbonyl (C=O) groups excluding carboxylic acids is 2. The molecule has 0 fully saturated rings. The molecule has 1 aromatic heterocycles. The summed E-state index contributed by atoms with van der Waals surface area (Å²) in [6.45, 7) is 4.51. The fraction of sp³-hybridized carbons (Fsp3) is 0.176. The van der Waals surface area contributed by atoms with Crippen LogP contribution < -0.4 is 5.32 Å². The summed E-state index contributed by atoms with van der Waals surface area (Å²) in [6.07, 6.45) is 0.804. The van der Waals surface area contributed by atoms with E-state index in [1.807, 2.05) is 35.7 Å². The van der Waals surface area contributed by atoms with Crippen LogP contribution in [0.4, 0.5) is 0 Å². The maximum absolute atomic E-state index is 12.3. The van der Waals surface area contributed by atoms with Crippen molar-refractivity contribution in [2.24, 2.45) is 0 Å². The number of benzene rings is 1. The van der Waals surface area contributed by atoms with Crippen molar-refractivity contribution in [1.82, 2.24) is 10.2 Å². The minimum Gasteiger partial charge on any atom is -0.354 e. The fourth-order valence-electron chi connectivity index (χ4n) is 2.48. The highest BCUT2D eigenvalue weighted by atomic mass is 32.1. The first-order chi connectivity index (χ1) is 10.7. The topological polar surface area (TPSA) is 49.4 Å². The van der Waals surface area contributed by atoms with Crippen LogP contribution in [0.2, 0.25) is 0 Å². The van der Waals surface area contributed by atoms with Gasteiger partial charge in [0.25, 0.3) is 5.91 Å². The van der Waals surface area contributed by atoms with Gasteiger partial charge in [0.1, 0.15) is 6.54 Å². The van der Waals surface area contributed by atoms with Crippen LogP contribution in [0.15, 0.2) is 48.4 Å². The van der Waals surface area contributed by atoms with E-state index in [1.54, 1.807) is 17.4 Å². The fourth-order valence-corrected chi connectivity index (χ4v) is 3.19. The van der Waals surface area contributed by atoms with Gasteiger partial charge in [-0.3, -0.25) is 14.5 Å². The van der Waals surface area contributed by atoms with E-state index in [-0.39, 0.29) is 18.4 Å². The van der Waals surface area contributed by atoms with E-state index in [2.05, 4.69) is 11.9 Å². The Morgan fingerprint density at radius 3 is 2.64 bits per heavy atom. The summed E-state index contributed by atoms with van der Waals surface area (Å²) in [5, 5.41) is 4.86. The summed E-state index contributed by atoms with van der Waals surface area (Å²) < 4.78 is 0. The van der Waals surface area contributed by atoms with Crippen molar-refractivity contribution < 1.29 is 9.59 Å². The summed E-state index contributed by atoms with van der Waals surface area (Å²) in [5.74, 6) is -0.326. The summed E-state index contributed by atoms with van der Waals surface area (Å²) >= 11 is 1.67. The Labute approximate surface area is 133 Å². The molecule has 0 atom stereocenters. The number of rotatable bonds is 5. The van der Waals surface area contributed by atoms with Crippen molar-refractivity contribution in [1.29, 1.82) is 0 Å². The molecule has 0 spiro atoms. The third-order valence-corrected chi connectivity index (χ3v) is 4.55. The monoisotopic (exact) mass is 312 g/mol. The maximum Gasteiger partial charge on any atom is 0.259 e. The SMILES string of the molecule is C=C1c2ccccc2C(=O)N1CC(=O)NCCc1cccs1. The third-order valence-electron chi connectivity index (χ3n) is 3.61. The highest BCUT2D eigenvalue weighted by Gasteiger charge is 2.31. The number of amides is 2. The number of nitrogens with zero attached hydrogens (tertiary/aromatic N) is 1. The van der Waals surface area contributed by atoms with Crippen LogP contribution in [0.1, 0.15) is 20.8 Å². The molecule has 22 heavy (non-hydrogen) atoms. The van der Waals surface area contributed by atoms with E-state index in [1.165, 1.54) is 9.78 Å². The molecule has 0 saturated carbocycles. The summed E-state index contributed by atoms with van der Waals surface area (Å²) in [6, 6.07) is 11.3. The average Bonchev–Trinajstić information content (AvgIpc) is 3.11. The van der Waals surface area contributed by atoms with Gasteiger partial charge < -0.3 is 5.32 Å². The van der Waals surface area contributed by atoms with Crippen LogP contribution in [-0.4, -0.2) is 29.8 Å². The molecule has 1 aliphatic rings. The summed E-state index contributed by atoms with van der Waals surface area (Å²) in [5.41, 5.74) is 2.01. The van der Waals surface area contributed by atoms with Crippen LogP contribution in [0, 0.1) is 0 Å². The molecule has 1 N–H and O–H groups in total. The van der Waals surface area contributed by atoms with Gasteiger partial charge in [-0.2, -0.15) is 0 Å². The van der Waals surface area contributed by atoms with Gasteiger partial charge in [0, 0.05) is 28.2 Å². The maximum atomic E-state index is 12.3. The minimum absolute atomic E-state index is 0.0107. The van der Waals surface area contributed by atoms with E-state index in [0.717, 1.165) is 12.0 Å². The Hall–Kier alpha value is -2.40. The Kier molecular flexibility index (Phi) is 4.06. The lowest BCUT2D eigenvalue weighted by Gasteiger charge is -2.16. The van der Waals surface area contributed by atoms with Gasteiger partial charge in [-0.25, -0.2) is 0 Å². The second-order valence-electron chi connectivity index (χ2n) is 5.06. The zero-order valence-electron chi connectivity index (χ0n) is 12.0. The van der Waals surface area contributed by atoms with Crippen molar-refractivity contribution in [3.05, 3.63) is 64.4 Å². The van der Waals surface area contributed by atoms with Gasteiger partial charge >= 0.3 is 0 Å². The average molecular weight is 312 g/mol. The van der Waals surface area contributed by atoms with Crippen LogP contribution in [0.25, 0.3) is 5.70 Å². The second kappa shape index (κ2) is 6.15. The predicted octanol–water partition coefficient (Wildman–Crippen LogP) is 2.53. The number of nitrogens with one attached hydrogen (secondary N) is 1. The molecule has 0 aliphatic carbocycles. The lowest BCUT2D eigenvalue weighted by Crippen LogP contribution is -2.37. The molecule has 0 unspecified atom stereocenters. The molecular weight excluding hydrogens is 296 g/mol. The van der Waals surface area contributed by atoms with E-state index >= 15 is 0 Å². The Balaban J connectivity index is 1.56. The molecule has 4 nitrogen and oxygen atoms in total. The highest BCUT2D eigenvalue weighted by molar-refractivity contribution is 7.09. The van der Waals surface area contributed by atoms with Gasteiger partial charge in [-0.15, -0.1) is 11.3 Å². The first-order valence-corrected chi connectivity index (χ1v) is 7.94. The zero-order valence-corrected chi connectivity index (χ0v) is 12.9. The van der Waals surface area contributed by atoms with Gasteiger partial charge in [0.2, 0.25) is 5.91 Å². The summed E-state index contributed by atoms with van der Waals surface area (Å²) in [7, 11) is 0. The minimum atomic E-state index is -0.168. The molecule has 2 heterocycles. The van der Waals surface area contributed by atoms with Crippen LogP contribution in [0.3, 0.4) is 0 Å². The Morgan fingerprint density at radius 1 is 1.18 bits per heavy atom. The molecule has 112 valence electrons. The third kappa shape index (κ3) is 2.80. The van der Waals surface area contributed by atoms with Gasteiger partial charge in [-0.05, 0) is 23.9 Å². The molecule has 1 aliphatic heterocycles. The smallest absolute Gasteiger partial charge is 0.259 e. The van der Waals surface area contributed by atoms with E-state index < -0.39 is 0 Å². The molecule has 2 amide bonds. The largest absolute Gasteiger partial charge is 0.354 e. The molecular formula is C17H16N2O2S.